The molecule has 1 unspecified atom stereocenters. The smallest absolute Gasteiger partial charge is 0.325 e. The second-order valence-corrected chi connectivity index (χ2v) is 3.74. The number of hydrogen-bond acceptors (Lipinski definition) is 3. The topological polar surface area (TPSA) is 98.1 Å². The van der Waals surface area contributed by atoms with Crippen LogP contribution in [0.15, 0.2) is 23.3 Å². The molecule has 0 aliphatic rings. The Morgan fingerprint density at radius 2 is 2.05 bits per heavy atom. The molecule has 6 nitrogen and oxygen atoms in total. The molecule has 0 heterocycles. The van der Waals surface area contributed by atoms with Gasteiger partial charge in [-0.1, -0.05) is 5.11 Å². The quantitative estimate of drug-likeness (QED) is 0.344. The van der Waals surface area contributed by atoms with Crippen molar-refractivity contribution in [2.75, 3.05) is 13.1 Å². The highest BCUT2D eigenvalue weighted by Gasteiger charge is 2.20. The van der Waals surface area contributed by atoms with Crippen molar-refractivity contribution >= 4 is 5.97 Å². The van der Waals surface area contributed by atoms with Crippen molar-refractivity contribution in [3.05, 3.63) is 45.8 Å². The SMILES string of the molecule is [N-]=[N+]=NCCCNC(C(=O)O)c1cc(F)cc(F)c1. The molecule has 2 N–H and O–H groups in total. The molecule has 0 spiro atoms. The molecule has 8 heteroatoms. The standard InChI is InChI=1S/C11H12F2N4O2/c12-8-4-7(5-9(13)6-8)10(11(18)19)15-2-1-3-16-17-14/h4-6,10,15H,1-3H2,(H,18,19). The van der Waals surface area contributed by atoms with Crippen LogP contribution < -0.4 is 5.32 Å². The number of nitrogens with one attached hydrogen (secondary N) is 1. The van der Waals surface area contributed by atoms with Gasteiger partial charge < -0.3 is 10.4 Å². The van der Waals surface area contributed by atoms with E-state index in [2.05, 4.69) is 15.3 Å². The molecule has 1 aromatic rings. The number of aliphatic carboxylic acids is 1. The minimum atomic E-state index is -1.24. The van der Waals surface area contributed by atoms with E-state index in [0.29, 0.717) is 12.5 Å². The average molecular weight is 270 g/mol. The molecule has 102 valence electrons. The molecular formula is C11H12F2N4O2. The highest BCUT2D eigenvalue weighted by molar-refractivity contribution is 5.75. The number of hydrogen-bond donors (Lipinski definition) is 2. The van der Waals surface area contributed by atoms with E-state index >= 15 is 0 Å². The van der Waals surface area contributed by atoms with Crippen LogP contribution >= 0.6 is 0 Å². The first kappa shape index (κ1) is 14.9. The number of nitrogens with zero attached hydrogens (tertiary/aromatic N) is 3. The number of halogens is 2. The number of azide groups is 1. The Morgan fingerprint density at radius 3 is 2.58 bits per heavy atom. The number of rotatable bonds is 7. The lowest BCUT2D eigenvalue weighted by molar-refractivity contribution is -0.139. The summed E-state index contributed by atoms with van der Waals surface area (Å²) in [6.07, 6.45) is 0.422. The van der Waals surface area contributed by atoms with E-state index in [9.17, 15) is 13.6 Å². The fraction of sp³-hybridized carbons (Fsp3) is 0.364. The number of benzene rings is 1. The van der Waals surface area contributed by atoms with Crippen LogP contribution in [0.3, 0.4) is 0 Å². The third-order valence-corrected chi connectivity index (χ3v) is 2.31. The van der Waals surface area contributed by atoms with Gasteiger partial charge in [0.2, 0.25) is 0 Å². The van der Waals surface area contributed by atoms with Gasteiger partial charge in [0.15, 0.2) is 0 Å². The molecule has 19 heavy (non-hydrogen) atoms. The molecule has 0 bridgehead atoms. The number of carboxylic acid groups (broad SMARTS) is 1. The summed E-state index contributed by atoms with van der Waals surface area (Å²) in [4.78, 5) is 13.6. The van der Waals surface area contributed by atoms with Gasteiger partial charge in [-0.3, -0.25) is 4.79 Å². The van der Waals surface area contributed by atoms with Crippen LogP contribution in [-0.4, -0.2) is 24.2 Å². The summed E-state index contributed by atoms with van der Waals surface area (Å²) in [5, 5.41) is 14.9. The average Bonchev–Trinajstić information content (AvgIpc) is 2.31. The summed E-state index contributed by atoms with van der Waals surface area (Å²) in [7, 11) is 0. The molecule has 0 saturated heterocycles. The van der Waals surface area contributed by atoms with Crippen LogP contribution in [0.4, 0.5) is 8.78 Å². The third kappa shape index (κ3) is 4.90. The van der Waals surface area contributed by atoms with E-state index in [1.54, 1.807) is 0 Å². The van der Waals surface area contributed by atoms with Crippen molar-refractivity contribution in [3.63, 3.8) is 0 Å². The number of carbonyl (C=O) groups is 1. The fourth-order valence-electron chi connectivity index (χ4n) is 1.53. The van der Waals surface area contributed by atoms with Gasteiger partial charge in [0, 0.05) is 17.5 Å². The Hall–Kier alpha value is -2.18. The van der Waals surface area contributed by atoms with Crippen LogP contribution in [-0.2, 0) is 4.79 Å². The van der Waals surface area contributed by atoms with Crippen molar-refractivity contribution in [1.29, 1.82) is 0 Å². The zero-order chi connectivity index (χ0) is 14.3. The molecule has 0 amide bonds. The van der Waals surface area contributed by atoms with Gasteiger partial charge in [0.1, 0.15) is 17.7 Å². The Bertz CT molecular complexity index is 483. The maximum absolute atomic E-state index is 13.0. The Kier molecular flexibility index (Phi) is 5.72. The minimum absolute atomic E-state index is 0.00576. The Balaban J connectivity index is 2.71. The first-order chi connectivity index (χ1) is 9.04. The van der Waals surface area contributed by atoms with Crippen molar-refractivity contribution < 1.29 is 18.7 Å². The zero-order valence-corrected chi connectivity index (χ0v) is 9.88. The van der Waals surface area contributed by atoms with E-state index in [-0.39, 0.29) is 18.7 Å². The van der Waals surface area contributed by atoms with Crippen molar-refractivity contribution in [2.45, 2.75) is 12.5 Å². The van der Waals surface area contributed by atoms with E-state index in [1.807, 2.05) is 0 Å². The molecule has 0 radical (unpaired) electrons. The second kappa shape index (κ2) is 7.30. The second-order valence-electron chi connectivity index (χ2n) is 3.74. The summed E-state index contributed by atoms with van der Waals surface area (Å²) in [6, 6.07) is 1.38. The molecule has 1 aromatic carbocycles. The molecular weight excluding hydrogens is 258 g/mol. The van der Waals surface area contributed by atoms with E-state index in [4.69, 9.17) is 10.6 Å². The van der Waals surface area contributed by atoms with Crippen molar-refractivity contribution in [3.8, 4) is 0 Å². The van der Waals surface area contributed by atoms with Gasteiger partial charge in [-0.2, -0.15) is 0 Å². The summed E-state index contributed by atoms with van der Waals surface area (Å²) in [6.45, 7) is 0.460. The van der Waals surface area contributed by atoms with Gasteiger partial charge >= 0.3 is 5.97 Å². The predicted molar refractivity (Wildman–Crippen MR) is 63.4 cm³/mol. The summed E-state index contributed by atoms with van der Waals surface area (Å²) in [5.41, 5.74) is 8.06. The van der Waals surface area contributed by atoms with Crippen molar-refractivity contribution in [1.82, 2.24) is 5.32 Å². The van der Waals surface area contributed by atoms with Crippen LogP contribution in [0, 0.1) is 11.6 Å². The van der Waals surface area contributed by atoms with Crippen molar-refractivity contribution in [2.24, 2.45) is 5.11 Å². The maximum Gasteiger partial charge on any atom is 0.325 e. The molecule has 1 atom stereocenters. The summed E-state index contributed by atoms with van der Waals surface area (Å²) in [5.74, 6) is -2.91. The van der Waals surface area contributed by atoms with E-state index in [1.165, 1.54) is 0 Å². The minimum Gasteiger partial charge on any atom is -0.480 e. The van der Waals surface area contributed by atoms with Gasteiger partial charge in [0.25, 0.3) is 0 Å². The van der Waals surface area contributed by atoms with Crippen LogP contribution in [0.25, 0.3) is 10.4 Å². The largest absolute Gasteiger partial charge is 0.480 e. The lowest BCUT2D eigenvalue weighted by Crippen LogP contribution is -2.29. The summed E-state index contributed by atoms with van der Waals surface area (Å²) < 4.78 is 26.0. The molecule has 0 aliphatic carbocycles. The lowest BCUT2D eigenvalue weighted by atomic mass is 10.1. The van der Waals surface area contributed by atoms with Crippen LogP contribution in [0.2, 0.25) is 0 Å². The zero-order valence-electron chi connectivity index (χ0n) is 9.88. The van der Waals surface area contributed by atoms with Gasteiger partial charge in [-0.25, -0.2) is 8.78 Å². The van der Waals surface area contributed by atoms with Crippen LogP contribution in [0.1, 0.15) is 18.0 Å². The first-order valence-electron chi connectivity index (χ1n) is 5.47. The number of carboxylic acids is 1. The fourth-order valence-corrected chi connectivity index (χ4v) is 1.53. The lowest BCUT2D eigenvalue weighted by Gasteiger charge is -2.14. The maximum atomic E-state index is 13.0. The highest BCUT2D eigenvalue weighted by Crippen LogP contribution is 2.16. The molecule has 1 rings (SSSR count). The Labute approximate surface area is 107 Å². The highest BCUT2D eigenvalue weighted by atomic mass is 19.1. The van der Waals surface area contributed by atoms with Gasteiger partial charge in [-0.15, -0.1) is 0 Å². The molecule has 0 saturated carbocycles. The van der Waals surface area contributed by atoms with Gasteiger partial charge in [0.05, 0.1) is 0 Å². The third-order valence-electron chi connectivity index (χ3n) is 2.31. The first-order valence-corrected chi connectivity index (χ1v) is 5.47. The Morgan fingerprint density at radius 1 is 1.42 bits per heavy atom. The van der Waals surface area contributed by atoms with E-state index in [0.717, 1.165) is 12.1 Å². The predicted octanol–water partition coefficient (Wildman–Crippen LogP) is 2.38. The van der Waals surface area contributed by atoms with Gasteiger partial charge in [-0.05, 0) is 36.2 Å². The molecule has 0 fully saturated rings. The molecule has 0 aliphatic heterocycles. The van der Waals surface area contributed by atoms with Crippen LogP contribution in [0.5, 0.6) is 0 Å². The van der Waals surface area contributed by atoms with E-state index < -0.39 is 23.6 Å². The normalized spacial score (nSPS) is 11.7. The molecule has 0 aromatic heterocycles. The monoisotopic (exact) mass is 270 g/mol. The summed E-state index contributed by atoms with van der Waals surface area (Å²) >= 11 is 0.